The maximum atomic E-state index is 10.7. The highest BCUT2D eigenvalue weighted by molar-refractivity contribution is 5.68. The molecule has 4 heteroatoms. The van der Waals surface area contributed by atoms with Gasteiger partial charge >= 0.3 is 5.97 Å². The zero-order chi connectivity index (χ0) is 9.90. The number of likely N-dealkylation sites (tertiary alicyclic amines) is 1. The molecule has 1 aliphatic rings. The summed E-state index contributed by atoms with van der Waals surface area (Å²) in [5, 5.41) is 11.9. The first-order chi connectivity index (χ1) is 6.08. The summed E-state index contributed by atoms with van der Waals surface area (Å²) in [6.45, 7) is 1.90. The van der Waals surface area contributed by atoms with Gasteiger partial charge in [0.2, 0.25) is 0 Å². The first-order valence-electron chi connectivity index (χ1n) is 4.67. The minimum Gasteiger partial charge on any atom is -0.481 e. The minimum atomic E-state index is -0.718. The molecular weight excluding hydrogens is 168 g/mol. The number of carboxylic acids is 1. The molecule has 0 saturated carbocycles. The van der Waals surface area contributed by atoms with Gasteiger partial charge in [-0.15, -0.1) is 0 Å². The summed E-state index contributed by atoms with van der Waals surface area (Å²) < 4.78 is 0. The predicted octanol–water partition coefficient (Wildman–Crippen LogP) is 0.145. The fourth-order valence-corrected chi connectivity index (χ4v) is 2.09. The third kappa shape index (κ3) is 2.67. The summed E-state index contributed by atoms with van der Waals surface area (Å²) in [7, 11) is 3.88. The van der Waals surface area contributed by atoms with Gasteiger partial charge in [-0.25, -0.2) is 0 Å². The number of rotatable bonds is 3. The number of hydrogen-bond donors (Lipinski definition) is 2. The second kappa shape index (κ2) is 4.07. The van der Waals surface area contributed by atoms with Gasteiger partial charge in [-0.2, -0.15) is 0 Å². The molecule has 0 spiro atoms. The first kappa shape index (κ1) is 10.5. The van der Waals surface area contributed by atoms with E-state index in [2.05, 4.69) is 10.2 Å². The van der Waals surface area contributed by atoms with Gasteiger partial charge in [0.1, 0.15) is 0 Å². The van der Waals surface area contributed by atoms with E-state index in [4.69, 9.17) is 5.11 Å². The Bertz CT molecular complexity index is 196. The van der Waals surface area contributed by atoms with Gasteiger partial charge < -0.3 is 15.3 Å². The van der Waals surface area contributed by atoms with Crippen LogP contribution in [-0.2, 0) is 4.79 Å². The van der Waals surface area contributed by atoms with Gasteiger partial charge in [0, 0.05) is 12.1 Å². The van der Waals surface area contributed by atoms with Crippen molar-refractivity contribution in [2.45, 2.75) is 24.8 Å². The van der Waals surface area contributed by atoms with Gasteiger partial charge in [0.05, 0.1) is 6.42 Å². The molecule has 0 radical (unpaired) electrons. The van der Waals surface area contributed by atoms with Crippen LogP contribution in [0.5, 0.6) is 0 Å². The van der Waals surface area contributed by atoms with Crippen LogP contribution in [0.3, 0.4) is 0 Å². The van der Waals surface area contributed by atoms with E-state index >= 15 is 0 Å². The van der Waals surface area contributed by atoms with Gasteiger partial charge in [-0.05, 0) is 33.5 Å². The Morgan fingerprint density at radius 1 is 1.69 bits per heavy atom. The lowest BCUT2D eigenvalue weighted by Crippen LogP contribution is -2.55. The molecule has 1 atom stereocenters. The normalized spacial score (nSPS) is 30.3. The summed E-state index contributed by atoms with van der Waals surface area (Å²) in [6.07, 6.45) is 2.25. The molecular formula is C9H18N2O2. The molecule has 1 fully saturated rings. The molecule has 76 valence electrons. The number of carboxylic acid groups (broad SMARTS) is 1. The molecule has 1 rings (SSSR count). The Hall–Kier alpha value is -0.610. The Balaban J connectivity index is 2.61. The summed E-state index contributed by atoms with van der Waals surface area (Å²) >= 11 is 0. The molecule has 1 heterocycles. The quantitative estimate of drug-likeness (QED) is 0.658. The number of nitrogens with one attached hydrogen (secondary N) is 1. The summed E-state index contributed by atoms with van der Waals surface area (Å²) in [6, 6.07) is 0. The van der Waals surface area contributed by atoms with Crippen molar-refractivity contribution in [2.24, 2.45) is 0 Å². The van der Waals surface area contributed by atoms with Crippen LogP contribution in [-0.4, -0.2) is 48.7 Å². The van der Waals surface area contributed by atoms with E-state index in [9.17, 15) is 4.79 Å². The second-order valence-electron chi connectivity index (χ2n) is 3.94. The fourth-order valence-electron chi connectivity index (χ4n) is 2.09. The molecule has 13 heavy (non-hydrogen) atoms. The number of carbonyl (C=O) groups is 1. The third-order valence-corrected chi connectivity index (χ3v) is 2.79. The molecule has 1 saturated heterocycles. The predicted molar refractivity (Wildman–Crippen MR) is 50.8 cm³/mol. The van der Waals surface area contributed by atoms with Crippen molar-refractivity contribution >= 4 is 5.97 Å². The van der Waals surface area contributed by atoms with E-state index < -0.39 is 5.97 Å². The van der Waals surface area contributed by atoms with Crippen LogP contribution in [0.15, 0.2) is 0 Å². The van der Waals surface area contributed by atoms with Crippen LogP contribution in [0.4, 0.5) is 0 Å². The molecule has 0 aromatic heterocycles. The first-order valence-corrected chi connectivity index (χ1v) is 4.67. The van der Waals surface area contributed by atoms with Crippen molar-refractivity contribution in [3.63, 3.8) is 0 Å². The van der Waals surface area contributed by atoms with Gasteiger partial charge in [0.15, 0.2) is 0 Å². The molecule has 4 nitrogen and oxygen atoms in total. The smallest absolute Gasteiger partial charge is 0.305 e. The lowest BCUT2D eigenvalue weighted by Gasteiger charge is -2.40. The molecule has 0 aromatic rings. The standard InChI is InChI=1S/C9H18N2O2/c1-10-9(6-8(12)13)4-3-5-11(2)7-9/h10H,3-7H2,1-2H3,(H,12,13). The van der Waals surface area contributed by atoms with E-state index in [1.54, 1.807) is 0 Å². The van der Waals surface area contributed by atoms with Crippen LogP contribution in [0, 0.1) is 0 Å². The largest absolute Gasteiger partial charge is 0.481 e. The molecule has 0 amide bonds. The van der Waals surface area contributed by atoms with Crippen LogP contribution in [0.2, 0.25) is 0 Å². The minimum absolute atomic E-state index is 0.209. The molecule has 0 bridgehead atoms. The molecule has 2 N–H and O–H groups in total. The van der Waals surface area contributed by atoms with E-state index in [0.29, 0.717) is 0 Å². The zero-order valence-corrected chi connectivity index (χ0v) is 8.34. The van der Waals surface area contributed by atoms with Crippen LogP contribution >= 0.6 is 0 Å². The highest BCUT2D eigenvalue weighted by atomic mass is 16.4. The molecule has 1 aliphatic heterocycles. The highest BCUT2D eigenvalue weighted by Crippen LogP contribution is 2.23. The maximum Gasteiger partial charge on any atom is 0.305 e. The lowest BCUT2D eigenvalue weighted by molar-refractivity contribution is -0.139. The van der Waals surface area contributed by atoms with Crippen molar-refractivity contribution < 1.29 is 9.90 Å². The van der Waals surface area contributed by atoms with Crippen LogP contribution in [0.1, 0.15) is 19.3 Å². The number of piperidine rings is 1. The summed E-state index contributed by atoms with van der Waals surface area (Å²) in [5.41, 5.74) is -0.209. The van der Waals surface area contributed by atoms with Crippen LogP contribution < -0.4 is 5.32 Å². The number of nitrogens with zero attached hydrogens (tertiary/aromatic N) is 1. The van der Waals surface area contributed by atoms with Gasteiger partial charge in [-0.3, -0.25) is 4.79 Å². The summed E-state index contributed by atoms with van der Waals surface area (Å²) in [4.78, 5) is 12.9. The fraction of sp³-hybridized carbons (Fsp3) is 0.889. The number of hydrogen-bond acceptors (Lipinski definition) is 3. The Morgan fingerprint density at radius 2 is 2.38 bits per heavy atom. The Kier molecular flexibility index (Phi) is 3.27. The summed E-state index contributed by atoms with van der Waals surface area (Å²) in [5.74, 6) is -0.718. The van der Waals surface area contributed by atoms with E-state index in [1.165, 1.54) is 0 Å². The van der Waals surface area contributed by atoms with Crippen molar-refractivity contribution in [1.29, 1.82) is 0 Å². The van der Waals surface area contributed by atoms with Gasteiger partial charge in [-0.1, -0.05) is 0 Å². The van der Waals surface area contributed by atoms with E-state index in [0.717, 1.165) is 25.9 Å². The third-order valence-electron chi connectivity index (χ3n) is 2.79. The topological polar surface area (TPSA) is 52.6 Å². The molecule has 0 aliphatic carbocycles. The SMILES string of the molecule is CNC1(CC(=O)O)CCCN(C)C1. The van der Waals surface area contributed by atoms with Crippen molar-refractivity contribution in [3.8, 4) is 0 Å². The van der Waals surface area contributed by atoms with Crippen LogP contribution in [0.25, 0.3) is 0 Å². The average molecular weight is 186 g/mol. The van der Waals surface area contributed by atoms with Crippen molar-refractivity contribution in [3.05, 3.63) is 0 Å². The maximum absolute atomic E-state index is 10.7. The number of likely N-dealkylation sites (N-methyl/N-ethyl adjacent to an activating group) is 2. The van der Waals surface area contributed by atoms with Gasteiger partial charge in [0.25, 0.3) is 0 Å². The Labute approximate surface area is 78.9 Å². The second-order valence-corrected chi connectivity index (χ2v) is 3.94. The number of aliphatic carboxylic acids is 1. The van der Waals surface area contributed by atoms with E-state index in [1.807, 2.05) is 14.1 Å². The Morgan fingerprint density at radius 3 is 2.85 bits per heavy atom. The molecule has 0 aromatic carbocycles. The highest BCUT2D eigenvalue weighted by Gasteiger charge is 2.34. The van der Waals surface area contributed by atoms with E-state index in [-0.39, 0.29) is 12.0 Å². The molecule has 1 unspecified atom stereocenters. The lowest BCUT2D eigenvalue weighted by atomic mass is 9.86. The van der Waals surface area contributed by atoms with Crippen molar-refractivity contribution in [1.82, 2.24) is 10.2 Å². The monoisotopic (exact) mass is 186 g/mol. The zero-order valence-electron chi connectivity index (χ0n) is 8.34. The average Bonchev–Trinajstić information content (AvgIpc) is 2.03. The van der Waals surface area contributed by atoms with Crippen molar-refractivity contribution in [2.75, 3.05) is 27.2 Å².